The normalized spacial score (nSPS) is 22.8. The van der Waals surface area contributed by atoms with Gasteiger partial charge in [-0.2, -0.15) is 0 Å². The molecule has 0 unspecified atom stereocenters. The van der Waals surface area contributed by atoms with Crippen LogP contribution in [0.5, 0.6) is 0 Å². The predicted molar refractivity (Wildman–Crippen MR) is 119 cm³/mol. The molecule has 0 saturated heterocycles. The van der Waals surface area contributed by atoms with Crippen molar-refractivity contribution in [1.82, 2.24) is 0 Å². The molecule has 7 heteroatoms. The summed E-state index contributed by atoms with van der Waals surface area (Å²) >= 11 is 1.65. The molecule has 0 fully saturated rings. The number of nitrogens with zero attached hydrogens (tertiary/aromatic N) is 1. The van der Waals surface area contributed by atoms with E-state index in [1.807, 2.05) is 36.4 Å². The second kappa shape index (κ2) is 6.54. The third-order valence-electron chi connectivity index (χ3n) is 5.62. The SMILES string of the molecule is CC1(C)C(N)=N[C@](C)(c2ccc3sc4ccc(C#CCF)cc4c3c2)CS1(=O)=O. The van der Waals surface area contributed by atoms with Gasteiger partial charge in [0.25, 0.3) is 0 Å². The first-order valence-corrected chi connectivity index (χ1v) is 11.6. The number of aliphatic imine (C=N–C) groups is 1. The standard InChI is InChI=1S/C22H21FN2O2S2/c1-21(2)20(24)25-22(3,13-29(21,26)27)15-7-9-19-17(12-15)16-11-14(5-4-10-23)6-8-18(16)28-19/h6-9,11-12H,10,13H2,1-3H3,(H2,24,25)/t22-/m0/s1. The Labute approximate surface area is 173 Å². The zero-order valence-corrected chi connectivity index (χ0v) is 18.0. The molecule has 0 spiro atoms. The second-order valence-electron chi connectivity index (χ2n) is 8.00. The fraction of sp³-hybridized carbons (Fsp3) is 0.318. The molecule has 2 aromatic carbocycles. The third kappa shape index (κ3) is 3.11. The highest BCUT2D eigenvalue weighted by molar-refractivity contribution is 7.93. The van der Waals surface area contributed by atoms with Crippen LogP contribution in [0.1, 0.15) is 31.9 Å². The lowest BCUT2D eigenvalue weighted by Crippen LogP contribution is -2.54. The summed E-state index contributed by atoms with van der Waals surface area (Å²) in [5.41, 5.74) is 6.67. The van der Waals surface area contributed by atoms with Gasteiger partial charge in [-0.1, -0.05) is 17.9 Å². The minimum Gasteiger partial charge on any atom is -0.386 e. The summed E-state index contributed by atoms with van der Waals surface area (Å²) < 4.78 is 39.1. The number of benzene rings is 2. The molecular formula is C22H21FN2O2S2. The van der Waals surface area contributed by atoms with Crippen molar-refractivity contribution in [2.24, 2.45) is 10.7 Å². The molecule has 0 amide bonds. The monoisotopic (exact) mass is 428 g/mol. The molecule has 3 aromatic rings. The quantitative estimate of drug-likeness (QED) is 0.592. The molecule has 150 valence electrons. The van der Waals surface area contributed by atoms with Crippen LogP contribution in [0.25, 0.3) is 20.2 Å². The van der Waals surface area contributed by atoms with E-state index in [-0.39, 0.29) is 11.6 Å². The lowest BCUT2D eigenvalue weighted by molar-refractivity contribution is 0.501. The van der Waals surface area contributed by atoms with Crippen LogP contribution >= 0.6 is 11.3 Å². The van der Waals surface area contributed by atoms with Gasteiger partial charge < -0.3 is 5.73 Å². The lowest BCUT2D eigenvalue weighted by atomic mass is 9.92. The first-order chi connectivity index (χ1) is 13.6. The van der Waals surface area contributed by atoms with Crippen molar-refractivity contribution >= 4 is 47.2 Å². The van der Waals surface area contributed by atoms with Gasteiger partial charge in [0, 0.05) is 25.7 Å². The zero-order valence-electron chi connectivity index (χ0n) is 16.4. The summed E-state index contributed by atoms with van der Waals surface area (Å²) in [6, 6.07) is 11.7. The van der Waals surface area contributed by atoms with Crippen molar-refractivity contribution < 1.29 is 12.8 Å². The van der Waals surface area contributed by atoms with Crippen molar-refractivity contribution in [3.8, 4) is 11.8 Å². The van der Waals surface area contributed by atoms with Gasteiger partial charge in [-0.05, 0) is 56.7 Å². The number of amidine groups is 1. The van der Waals surface area contributed by atoms with Gasteiger partial charge >= 0.3 is 0 Å². The number of rotatable bonds is 1. The van der Waals surface area contributed by atoms with E-state index in [0.29, 0.717) is 0 Å². The Morgan fingerprint density at radius 1 is 1.14 bits per heavy atom. The van der Waals surface area contributed by atoms with E-state index in [9.17, 15) is 12.8 Å². The maximum atomic E-state index is 12.9. The van der Waals surface area contributed by atoms with Gasteiger partial charge in [0.15, 0.2) is 16.5 Å². The number of thiophene rings is 1. The fourth-order valence-corrected chi connectivity index (χ4v) is 6.38. The van der Waals surface area contributed by atoms with E-state index in [4.69, 9.17) is 5.73 Å². The summed E-state index contributed by atoms with van der Waals surface area (Å²) in [7, 11) is -3.47. The summed E-state index contributed by atoms with van der Waals surface area (Å²) in [6.07, 6.45) is 0. The molecular weight excluding hydrogens is 407 g/mol. The van der Waals surface area contributed by atoms with Gasteiger partial charge in [0.2, 0.25) is 0 Å². The summed E-state index contributed by atoms with van der Waals surface area (Å²) in [5, 5.41) is 2.01. The van der Waals surface area contributed by atoms with E-state index in [1.165, 1.54) is 0 Å². The number of hydrogen-bond donors (Lipinski definition) is 1. The van der Waals surface area contributed by atoms with Crippen LogP contribution in [0.4, 0.5) is 4.39 Å². The summed E-state index contributed by atoms with van der Waals surface area (Å²) in [6.45, 7) is 4.31. The van der Waals surface area contributed by atoms with Crippen LogP contribution in [0, 0.1) is 11.8 Å². The van der Waals surface area contributed by atoms with Crippen molar-refractivity contribution in [1.29, 1.82) is 0 Å². The molecule has 0 aliphatic carbocycles. The van der Waals surface area contributed by atoms with Crippen LogP contribution in [0.3, 0.4) is 0 Å². The minimum atomic E-state index is -3.47. The molecule has 1 aliphatic rings. The number of alkyl halides is 1. The zero-order chi connectivity index (χ0) is 21.0. The van der Waals surface area contributed by atoms with Crippen molar-refractivity contribution in [3.63, 3.8) is 0 Å². The molecule has 2 heterocycles. The molecule has 1 aromatic heterocycles. The summed E-state index contributed by atoms with van der Waals surface area (Å²) in [4.78, 5) is 4.62. The minimum absolute atomic E-state index is 0.103. The molecule has 1 atom stereocenters. The molecule has 0 radical (unpaired) electrons. The fourth-order valence-electron chi connectivity index (χ4n) is 3.62. The van der Waals surface area contributed by atoms with Crippen molar-refractivity contribution in [2.75, 3.05) is 12.4 Å². The van der Waals surface area contributed by atoms with Crippen molar-refractivity contribution in [3.05, 3.63) is 47.5 Å². The lowest BCUT2D eigenvalue weighted by Gasteiger charge is -2.37. The van der Waals surface area contributed by atoms with Crippen LogP contribution < -0.4 is 5.73 Å². The van der Waals surface area contributed by atoms with E-state index in [1.54, 1.807) is 32.1 Å². The van der Waals surface area contributed by atoms with Gasteiger partial charge in [-0.25, -0.2) is 12.8 Å². The second-order valence-corrected chi connectivity index (χ2v) is 11.6. The van der Waals surface area contributed by atoms with Crippen LogP contribution in [0.15, 0.2) is 41.4 Å². The number of hydrogen-bond acceptors (Lipinski definition) is 5. The molecule has 0 bridgehead atoms. The molecule has 2 N–H and O–H groups in total. The number of halogens is 1. The van der Waals surface area contributed by atoms with E-state index in [2.05, 4.69) is 16.8 Å². The number of nitrogens with two attached hydrogens (primary N) is 1. The highest BCUT2D eigenvalue weighted by Gasteiger charge is 2.48. The van der Waals surface area contributed by atoms with Gasteiger partial charge in [-0.15, -0.1) is 11.3 Å². The Hall–Kier alpha value is -2.43. The Balaban J connectivity index is 1.91. The Kier molecular flexibility index (Phi) is 4.48. The maximum absolute atomic E-state index is 12.9. The molecule has 4 nitrogen and oxygen atoms in total. The number of fused-ring (bicyclic) bond motifs is 3. The average Bonchev–Trinajstić information content (AvgIpc) is 3.01. The Bertz CT molecular complexity index is 1340. The Morgan fingerprint density at radius 3 is 2.45 bits per heavy atom. The van der Waals surface area contributed by atoms with Gasteiger partial charge in [0.05, 0.1) is 11.3 Å². The van der Waals surface area contributed by atoms with Crippen molar-refractivity contribution in [2.45, 2.75) is 31.1 Å². The molecule has 0 saturated carbocycles. The third-order valence-corrected chi connectivity index (χ3v) is 9.48. The first kappa shape index (κ1) is 19.9. The van der Waals surface area contributed by atoms with Crippen LogP contribution in [-0.4, -0.2) is 31.4 Å². The predicted octanol–water partition coefficient (Wildman–Crippen LogP) is 4.15. The van der Waals surface area contributed by atoms with E-state index >= 15 is 0 Å². The Morgan fingerprint density at radius 2 is 1.79 bits per heavy atom. The van der Waals surface area contributed by atoms with Crippen LogP contribution in [0.2, 0.25) is 0 Å². The van der Waals surface area contributed by atoms with Gasteiger partial charge in [-0.3, -0.25) is 4.99 Å². The van der Waals surface area contributed by atoms with Crippen LogP contribution in [-0.2, 0) is 15.4 Å². The first-order valence-electron chi connectivity index (χ1n) is 9.17. The number of sulfone groups is 1. The van der Waals surface area contributed by atoms with E-state index < -0.39 is 26.8 Å². The topological polar surface area (TPSA) is 72.5 Å². The molecule has 1 aliphatic heterocycles. The largest absolute Gasteiger partial charge is 0.386 e. The highest BCUT2D eigenvalue weighted by atomic mass is 32.2. The molecule has 4 rings (SSSR count). The highest BCUT2D eigenvalue weighted by Crippen LogP contribution is 2.40. The smallest absolute Gasteiger partial charge is 0.165 e. The van der Waals surface area contributed by atoms with E-state index in [0.717, 1.165) is 31.3 Å². The summed E-state index contributed by atoms with van der Waals surface area (Å²) in [5.74, 6) is 5.29. The maximum Gasteiger partial charge on any atom is 0.165 e. The van der Waals surface area contributed by atoms with Gasteiger partial charge in [0.1, 0.15) is 10.6 Å². The average molecular weight is 429 g/mol. The molecule has 29 heavy (non-hydrogen) atoms.